The van der Waals surface area contributed by atoms with E-state index in [1.807, 2.05) is 20.8 Å². The average molecular weight is 209 g/mol. The molecular formula is C11H19N3O. The number of carbonyl (C=O) groups excluding carboxylic acids is 1. The molecule has 0 fully saturated rings. The van der Waals surface area contributed by atoms with E-state index in [1.165, 1.54) is 6.20 Å². The smallest absolute Gasteiger partial charge is 0.271 e. The monoisotopic (exact) mass is 209 g/mol. The van der Waals surface area contributed by atoms with E-state index in [0.29, 0.717) is 5.92 Å². The van der Waals surface area contributed by atoms with Crippen LogP contribution in [0.4, 0.5) is 0 Å². The van der Waals surface area contributed by atoms with Gasteiger partial charge in [0.25, 0.3) is 5.91 Å². The van der Waals surface area contributed by atoms with E-state index in [0.717, 1.165) is 0 Å². The minimum atomic E-state index is -0.239. The van der Waals surface area contributed by atoms with Crippen LogP contribution in [-0.4, -0.2) is 24.9 Å². The van der Waals surface area contributed by atoms with Crippen LogP contribution in [0.1, 0.15) is 27.7 Å². The van der Waals surface area contributed by atoms with Crippen molar-refractivity contribution in [3.63, 3.8) is 0 Å². The van der Waals surface area contributed by atoms with Gasteiger partial charge in [0, 0.05) is 12.3 Å². The maximum atomic E-state index is 11.6. The molecule has 84 valence electrons. The third-order valence-corrected chi connectivity index (χ3v) is 2.11. The van der Waals surface area contributed by atoms with Crippen molar-refractivity contribution in [2.75, 3.05) is 0 Å². The van der Waals surface area contributed by atoms with Gasteiger partial charge in [-0.3, -0.25) is 14.8 Å². The van der Waals surface area contributed by atoms with E-state index < -0.39 is 0 Å². The molecule has 0 spiro atoms. The Bertz CT molecular complexity index is 280. The first-order valence-electron chi connectivity index (χ1n) is 4.98. The number of hydrogen-bond acceptors (Lipinski definition) is 3. The highest BCUT2D eigenvalue weighted by molar-refractivity contribution is 5.93. The lowest BCUT2D eigenvalue weighted by atomic mass is 10.1. The van der Waals surface area contributed by atoms with Gasteiger partial charge in [0.15, 0.2) is 0 Å². The first-order valence-corrected chi connectivity index (χ1v) is 4.98. The zero-order chi connectivity index (χ0) is 11.8. The maximum absolute atomic E-state index is 11.6. The van der Waals surface area contributed by atoms with Gasteiger partial charge in [-0.15, -0.1) is 0 Å². The molecule has 0 aromatic rings. The quantitative estimate of drug-likeness (QED) is 0.544. The van der Waals surface area contributed by atoms with Crippen molar-refractivity contribution in [1.29, 1.82) is 0 Å². The van der Waals surface area contributed by atoms with E-state index in [-0.39, 0.29) is 17.6 Å². The fourth-order valence-corrected chi connectivity index (χ4v) is 0.764. The zero-order valence-corrected chi connectivity index (χ0v) is 9.82. The van der Waals surface area contributed by atoms with Gasteiger partial charge < -0.3 is 5.32 Å². The molecule has 0 aliphatic rings. The van der Waals surface area contributed by atoms with Crippen LogP contribution in [-0.2, 0) is 4.79 Å². The molecule has 0 aromatic carbocycles. The lowest BCUT2D eigenvalue weighted by Gasteiger charge is -2.16. The number of aliphatic imine (C=N–C) groups is 2. The van der Waals surface area contributed by atoms with Gasteiger partial charge in [-0.2, -0.15) is 0 Å². The summed E-state index contributed by atoms with van der Waals surface area (Å²) in [4.78, 5) is 19.1. The Labute approximate surface area is 91.2 Å². The van der Waals surface area contributed by atoms with E-state index in [4.69, 9.17) is 0 Å². The van der Waals surface area contributed by atoms with Crippen LogP contribution in [0.3, 0.4) is 0 Å². The molecule has 4 nitrogen and oxygen atoms in total. The van der Waals surface area contributed by atoms with Crippen molar-refractivity contribution in [3.8, 4) is 0 Å². The Morgan fingerprint density at radius 1 is 1.40 bits per heavy atom. The fourth-order valence-electron chi connectivity index (χ4n) is 0.764. The van der Waals surface area contributed by atoms with Crippen LogP contribution in [0, 0.1) is 5.92 Å². The second-order valence-corrected chi connectivity index (χ2v) is 3.59. The normalized spacial score (nSPS) is 14.3. The topological polar surface area (TPSA) is 53.8 Å². The molecule has 0 aromatic heterocycles. The number of amides is 1. The highest BCUT2D eigenvalue weighted by Gasteiger charge is 2.13. The molecule has 4 heteroatoms. The van der Waals surface area contributed by atoms with Gasteiger partial charge >= 0.3 is 0 Å². The third kappa shape index (κ3) is 5.10. The summed E-state index contributed by atoms with van der Waals surface area (Å²) in [6, 6.07) is 0.105. The standard InChI is InChI=1S/C11H19N3O/c1-6-13-7-10(12-5)11(15)14-9(4)8(2)3/h6-9H,5H2,1-4H3,(H,14,15)/b10-7-,13-6?/t9-/m1/s1. The van der Waals surface area contributed by atoms with Crippen LogP contribution in [0.25, 0.3) is 0 Å². The molecule has 0 bridgehead atoms. The summed E-state index contributed by atoms with van der Waals surface area (Å²) in [5, 5.41) is 2.82. The lowest BCUT2D eigenvalue weighted by molar-refractivity contribution is -0.118. The molecule has 0 radical (unpaired) electrons. The summed E-state index contributed by atoms with van der Waals surface area (Å²) in [5.41, 5.74) is 0.237. The van der Waals surface area contributed by atoms with Crippen LogP contribution < -0.4 is 5.32 Å². The van der Waals surface area contributed by atoms with Crippen LogP contribution >= 0.6 is 0 Å². The second kappa shape index (κ2) is 6.92. The minimum Gasteiger partial charge on any atom is -0.348 e. The molecule has 0 heterocycles. The van der Waals surface area contributed by atoms with Gasteiger partial charge in [-0.05, 0) is 26.5 Å². The fraction of sp³-hybridized carbons (Fsp3) is 0.545. The van der Waals surface area contributed by atoms with Crippen LogP contribution in [0.15, 0.2) is 21.9 Å². The van der Waals surface area contributed by atoms with Crippen LogP contribution in [0.5, 0.6) is 0 Å². The van der Waals surface area contributed by atoms with Crippen molar-refractivity contribution >= 4 is 18.8 Å². The van der Waals surface area contributed by atoms with Gasteiger partial charge in [-0.1, -0.05) is 13.8 Å². The minimum absolute atomic E-state index is 0.105. The van der Waals surface area contributed by atoms with Crippen molar-refractivity contribution in [1.82, 2.24) is 5.32 Å². The van der Waals surface area contributed by atoms with Crippen LogP contribution in [0.2, 0.25) is 0 Å². The second-order valence-electron chi connectivity index (χ2n) is 3.59. The molecule has 0 aliphatic carbocycles. The summed E-state index contributed by atoms with van der Waals surface area (Å²) in [7, 11) is 0. The number of carbonyl (C=O) groups is 1. The molecular weight excluding hydrogens is 190 g/mol. The SMILES string of the molecule is C=N/C(=C\N=CC)C(=O)N[C@H](C)C(C)C. The van der Waals surface area contributed by atoms with Crippen molar-refractivity contribution < 1.29 is 4.79 Å². The summed E-state index contributed by atoms with van der Waals surface area (Å²) in [6.07, 6.45) is 2.99. The molecule has 1 amide bonds. The first kappa shape index (κ1) is 13.5. The Balaban J connectivity index is 4.48. The van der Waals surface area contributed by atoms with Crippen molar-refractivity contribution in [2.45, 2.75) is 33.7 Å². The number of rotatable bonds is 5. The Hall–Kier alpha value is -1.45. The van der Waals surface area contributed by atoms with E-state index in [2.05, 4.69) is 22.0 Å². The van der Waals surface area contributed by atoms with Gasteiger partial charge in [0.1, 0.15) is 5.70 Å². The number of nitrogens with zero attached hydrogens (tertiary/aromatic N) is 2. The highest BCUT2D eigenvalue weighted by Crippen LogP contribution is 2.03. The molecule has 0 rings (SSSR count). The number of hydrogen-bond donors (Lipinski definition) is 1. The Morgan fingerprint density at radius 2 is 2.00 bits per heavy atom. The van der Waals surface area contributed by atoms with Crippen molar-refractivity contribution in [2.24, 2.45) is 15.9 Å². The first-order chi connectivity index (χ1) is 7.02. The molecule has 0 unspecified atom stereocenters. The molecule has 0 saturated heterocycles. The van der Waals surface area contributed by atoms with E-state index in [9.17, 15) is 4.79 Å². The summed E-state index contributed by atoms with van der Waals surface area (Å²) in [6.45, 7) is 11.1. The van der Waals surface area contributed by atoms with Gasteiger partial charge in [-0.25, -0.2) is 0 Å². The van der Waals surface area contributed by atoms with E-state index in [1.54, 1.807) is 13.1 Å². The van der Waals surface area contributed by atoms with Gasteiger partial charge in [0.2, 0.25) is 0 Å². The summed E-state index contributed by atoms with van der Waals surface area (Å²) < 4.78 is 0. The molecule has 0 saturated carbocycles. The predicted molar refractivity (Wildman–Crippen MR) is 64.2 cm³/mol. The highest BCUT2D eigenvalue weighted by atomic mass is 16.2. The Kier molecular flexibility index (Phi) is 6.25. The molecule has 1 N–H and O–H groups in total. The maximum Gasteiger partial charge on any atom is 0.271 e. The molecule has 1 atom stereocenters. The summed E-state index contributed by atoms with van der Waals surface area (Å²) >= 11 is 0. The Morgan fingerprint density at radius 3 is 2.40 bits per heavy atom. The van der Waals surface area contributed by atoms with Gasteiger partial charge in [0.05, 0.1) is 6.20 Å². The average Bonchev–Trinajstić information content (AvgIpc) is 2.18. The largest absolute Gasteiger partial charge is 0.348 e. The third-order valence-electron chi connectivity index (χ3n) is 2.11. The molecule has 0 aliphatic heterocycles. The zero-order valence-electron chi connectivity index (χ0n) is 9.82. The van der Waals surface area contributed by atoms with Crippen molar-refractivity contribution in [3.05, 3.63) is 11.9 Å². The summed E-state index contributed by atoms with van der Waals surface area (Å²) in [5.74, 6) is 0.145. The van der Waals surface area contributed by atoms with E-state index >= 15 is 0 Å². The number of nitrogens with one attached hydrogen (secondary N) is 1. The molecule has 15 heavy (non-hydrogen) atoms. The lowest BCUT2D eigenvalue weighted by Crippen LogP contribution is -2.36. The predicted octanol–water partition coefficient (Wildman–Crippen LogP) is 1.78.